The van der Waals surface area contributed by atoms with Gasteiger partial charge in [0.25, 0.3) is 0 Å². The first-order chi connectivity index (χ1) is 12.6. The Kier molecular flexibility index (Phi) is 4.33. The van der Waals surface area contributed by atoms with E-state index >= 15 is 0 Å². The van der Waals surface area contributed by atoms with E-state index in [2.05, 4.69) is 60.2 Å². The van der Waals surface area contributed by atoms with E-state index < -0.39 is 0 Å². The van der Waals surface area contributed by atoms with Crippen molar-refractivity contribution < 1.29 is 0 Å². The SMILES string of the molecule is Cc1nc(Nc2ccccc2)nc(N2CCc3ccccc3[C@H]2C)c1C. The molecular weight excluding hydrogens is 320 g/mol. The predicted molar refractivity (Wildman–Crippen MR) is 107 cm³/mol. The van der Waals surface area contributed by atoms with Crippen molar-refractivity contribution in [3.63, 3.8) is 0 Å². The minimum absolute atomic E-state index is 0.303. The summed E-state index contributed by atoms with van der Waals surface area (Å²) in [7, 11) is 0. The van der Waals surface area contributed by atoms with Crippen LogP contribution in [-0.4, -0.2) is 16.5 Å². The first-order valence-corrected chi connectivity index (χ1v) is 9.15. The summed E-state index contributed by atoms with van der Waals surface area (Å²) in [6.07, 6.45) is 1.05. The first-order valence-electron chi connectivity index (χ1n) is 9.15. The van der Waals surface area contributed by atoms with E-state index in [0.717, 1.165) is 35.7 Å². The van der Waals surface area contributed by atoms with Crippen LogP contribution in [0, 0.1) is 13.8 Å². The standard InChI is InChI=1S/C22H24N4/c1-15-16(2)23-22(24-19-10-5-4-6-11-19)25-21(15)26-14-13-18-9-7-8-12-20(18)17(26)3/h4-12,17H,13-14H2,1-3H3,(H,23,24,25)/t17-/m1/s1. The largest absolute Gasteiger partial charge is 0.349 e. The van der Waals surface area contributed by atoms with Gasteiger partial charge in [-0.3, -0.25) is 0 Å². The number of aryl methyl sites for hydroxylation is 1. The van der Waals surface area contributed by atoms with Crippen LogP contribution in [0.5, 0.6) is 0 Å². The third-order valence-electron chi connectivity index (χ3n) is 5.26. The molecule has 4 rings (SSSR count). The van der Waals surface area contributed by atoms with E-state index in [1.165, 1.54) is 11.1 Å². The number of hydrogen-bond acceptors (Lipinski definition) is 4. The van der Waals surface area contributed by atoms with Gasteiger partial charge in [0.2, 0.25) is 5.95 Å². The van der Waals surface area contributed by atoms with Crippen LogP contribution in [0.1, 0.15) is 35.3 Å². The van der Waals surface area contributed by atoms with Gasteiger partial charge in [0.05, 0.1) is 6.04 Å². The van der Waals surface area contributed by atoms with E-state index in [1.807, 2.05) is 30.3 Å². The maximum atomic E-state index is 4.88. The second-order valence-electron chi connectivity index (χ2n) is 6.89. The van der Waals surface area contributed by atoms with Crippen LogP contribution in [0.4, 0.5) is 17.5 Å². The van der Waals surface area contributed by atoms with Gasteiger partial charge in [-0.25, -0.2) is 4.98 Å². The van der Waals surface area contributed by atoms with Crippen molar-refractivity contribution >= 4 is 17.5 Å². The molecule has 1 aromatic heterocycles. The van der Waals surface area contributed by atoms with Crippen LogP contribution in [0.2, 0.25) is 0 Å². The highest BCUT2D eigenvalue weighted by molar-refractivity contribution is 5.59. The Morgan fingerprint density at radius 3 is 2.50 bits per heavy atom. The van der Waals surface area contributed by atoms with Gasteiger partial charge < -0.3 is 10.2 Å². The molecule has 2 aromatic carbocycles. The number of anilines is 3. The van der Waals surface area contributed by atoms with Crippen molar-refractivity contribution in [1.82, 2.24) is 9.97 Å². The predicted octanol–water partition coefficient (Wildman–Crippen LogP) is 4.96. The monoisotopic (exact) mass is 344 g/mol. The maximum Gasteiger partial charge on any atom is 0.229 e. The van der Waals surface area contributed by atoms with Gasteiger partial charge in [-0.05, 0) is 50.5 Å². The third kappa shape index (κ3) is 3.03. The molecule has 0 amide bonds. The quantitative estimate of drug-likeness (QED) is 0.729. The number of nitrogens with one attached hydrogen (secondary N) is 1. The molecule has 0 fully saturated rings. The molecule has 1 N–H and O–H groups in total. The van der Waals surface area contributed by atoms with Crippen LogP contribution in [0.3, 0.4) is 0 Å². The fourth-order valence-electron chi connectivity index (χ4n) is 3.66. The molecule has 4 heteroatoms. The lowest BCUT2D eigenvalue weighted by Gasteiger charge is -2.37. The van der Waals surface area contributed by atoms with E-state index in [-0.39, 0.29) is 0 Å². The van der Waals surface area contributed by atoms with Gasteiger partial charge in [-0.2, -0.15) is 4.98 Å². The summed E-state index contributed by atoms with van der Waals surface area (Å²) >= 11 is 0. The molecule has 26 heavy (non-hydrogen) atoms. The molecule has 0 saturated carbocycles. The van der Waals surface area contributed by atoms with E-state index in [1.54, 1.807) is 0 Å². The van der Waals surface area contributed by atoms with E-state index in [0.29, 0.717) is 12.0 Å². The van der Waals surface area contributed by atoms with E-state index in [9.17, 15) is 0 Å². The van der Waals surface area contributed by atoms with Gasteiger partial charge in [-0.1, -0.05) is 42.5 Å². The number of nitrogens with zero attached hydrogens (tertiary/aromatic N) is 3. The summed E-state index contributed by atoms with van der Waals surface area (Å²) in [6, 6.07) is 19.1. The molecule has 0 unspecified atom stereocenters. The number of fused-ring (bicyclic) bond motifs is 1. The third-order valence-corrected chi connectivity index (χ3v) is 5.26. The Balaban J connectivity index is 1.70. The summed E-state index contributed by atoms with van der Waals surface area (Å²) in [5.41, 5.74) is 6.00. The molecule has 2 heterocycles. The number of hydrogen-bond donors (Lipinski definition) is 1. The van der Waals surface area contributed by atoms with Gasteiger partial charge in [0, 0.05) is 23.5 Å². The minimum atomic E-state index is 0.303. The van der Waals surface area contributed by atoms with Crippen molar-refractivity contribution in [3.05, 3.63) is 77.0 Å². The van der Waals surface area contributed by atoms with Gasteiger partial charge in [0.1, 0.15) is 5.82 Å². The zero-order valence-electron chi connectivity index (χ0n) is 15.5. The zero-order chi connectivity index (χ0) is 18.1. The molecule has 0 spiro atoms. The lowest BCUT2D eigenvalue weighted by molar-refractivity contribution is 0.614. The van der Waals surface area contributed by atoms with Crippen molar-refractivity contribution in [2.45, 2.75) is 33.2 Å². The fraction of sp³-hybridized carbons (Fsp3) is 0.273. The van der Waals surface area contributed by atoms with Crippen molar-refractivity contribution in [1.29, 1.82) is 0 Å². The summed E-state index contributed by atoms with van der Waals surface area (Å²) in [5.74, 6) is 1.68. The molecule has 0 radical (unpaired) electrons. The van der Waals surface area contributed by atoms with Crippen LogP contribution in [0.15, 0.2) is 54.6 Å². The number of aromatic nitrogens is 2. The molecule has 4 nitrogen and oxygen atoms in total. The molecule has 1 aliphatic rings. The topological polar surface area (TPSA) is 41.1 Å². The Hall–Kier alpha value is -2.88. The van der Waals surface area contributed by atoms with E-state index in [4.69, 9.17) is 4.98 Å². The van der Waals surface area contributed by atoms with Gasteiger partial charge >= 0.3 is 0 Å². The van der Waals surface area contributed by atoms with Gasteiger partial charge in [-0.15, -0.1) is 0 Å². The molecule has 1 atom stereocenters. The smallest absolute Gasteiger partial charge is 0.229 e. The van der Waals surface area contributed by atoms with Crippen LogP contribution in [-0.2, 0) is 6.42 Å². The highest BCUT2D eigenvalue weighted by Gasteiger charge is 2.26. The van der Waals surface area contributed by atoms with Gasteiger partial charge in [0.15, 0.2) is 0 Å². The molecule has 1 aliphatic heterocycles. The summed E-state index contributed by atoms with van der Waals surface area (Å²) in [6.45, 7) is 7.41. The van der Waals surface area contributed by atoms with Crippen LogP contribution >= 0.6 is 0 Å². The summed E-state index contributed by atoms with van der Waals surface area (Å²) < 4.78 is 0. The number of rotatable bonds is 3. The highest BCUT2D eigenvalue weighted by atomic mass is 15.3. The second-order valence-corrected chi connectivity index (χ2v) is 6.89. The van der Waals surface area contributed by atoms with Crippen LogP contribution < -0.4 is 10.2 Å². The lowest BCUT2D eigenvalue weighted by Crippen LogP contribution is -2.35. The Bertz CT molecular complexity index is 921. The fourth-order valence-corrected chi connectivity index (χ4v) is 3.66. The normalized spacial score (nSPS) is 16.3. The molecule has 0 bridgehead atoms. The lowest BCUT2D eigenvalue weighted by atomic mass is 9.93. The Labute approximate surface area is 154 Å². The minimum Gasteiger partial charge on any atom is -0.349 e. The average molecular weight is 344 g/mol. The molecule has 0 saturated heterocycles. The number of para-hydroxylation sites is 1. The van der Waals surface area contributed by atoms with Crippen molar-refractivity contribution in [3.8, 4) is 0 Å². The molecular formula is C22H24N4. The molecule has 132 valence electrons. The Morgan fingerprint density at radius 2 is 1.69 bits per heavy atom. The average Bonchev–Trinajstić information content (AvgIpc) is 2.66. The highest BCUT2D eigenvalue weighted by Crippen LogP contribution is 2.35. The number of benzene rings is 2. The first kappa shape index (κ1) is 16.6. The Morgan fingerprint density at radius 1 is 0.962 bits per heavy atom. The summed E-state index contributed by atoms with van der Waals surface area (Å²) in [4.78, 5) is 11.9. The van der Waals surface area contributed by atoms with Crippen molar-refractivity contribution in [2.24, 2.45) is 0 Å². The van der Waals surface area contributed by atoms with Crippen LogP contribution in [0.25, 0.3) is 0 Å². The zero-order valence-corrected chi connectivity index (χ0v) is 15.5. The van der Waals surface area contributed by atoms with Crippen molar-refractivity contribution in [2.75, 3.05) is 16.8 Å². The molecule has 0 aliphatic carbocycles. The summed E-state index contributed by atoms with van der Waals surface area (Å²) in [5, 5.41) is 3.34. The second kappa shape index (κ2) is 6.79. The molecule has 3 aromatic rings. The maximum absolute atomic E-state index is 4.88.